The molecule has 40 heavy (non-hydrogen) atoms. The van der Waals surface area contributed by atoms with Crippen molar-refractivity contribution in [1.29, 1.82) is 0 Å². The van der Waals surface area contributed by atoms with Gasteiger partial charge in [-0.1, -0.05) is 39.8 Å². The van der Waals surface area contributed by atoms with E-state index < -0.39 is 34.6 Å². The summed E-state index contributed by atoms with van der Waals surface area (Å²) in [5.74, 6) is -1.76. The number of amides is 3. The van der Waals surface area contributed by atoms with E-state index in [1.54, 1.807) is 29.0 Å². The molecule has 8 nitrogen and oxygen atoms in total. The van der Waals surface area contributed by atoms with Crippen LogP contribution in [0.15, 0.2) is 25.3 Å². The van der Waals surface area contributed by atoms with Crippen LogP contribution in [0.4, 0.5) is 0 Å². The van der Waals surface area contributed by atoms with Gasteiger partial charge in [0, 0.05) is 38.8 Å². The molecule has 1 N–H and O–H groups in total. The summed E-state index contributed by atoms with van der Waals surface area (Å²) >= 11 is 0. The molecular formula is C32H53N3O5. The Balaban J connectivity index is 2.12. The molecule has 0 aliphatic carbocycles. The zero-order valence-corrected chi connectivity index (χ0v) is 26.0. The van der Waals surface area contributed by atoms with Crippen LogP contribution in [0.25, 0.3) is 0 Å². The number of fused-ring (bicyclic) bond motifs is 1. The number of hydrogen-bond donors (Lipinski definition) is 1. The number of aliphatic hydroxyl groups excluding tert-OH is 1. The number of carbonyl (C=O) groups excluding carboxylic acids is 3. The number of unbranched alkanes of at least 4 members (excludes halogenated alkanes) is 2. The molecule has 3 saturated heterocycles. The van der Waals surface area contributed by atoms with Crippen molar-refractivity contribution in [2.45, 2.75) is 109 Å². The van der Waals surface area contributed by atoms with Crippen LogP contribution in [-0.2, 0) is 19.1 Å². The third-order valence-electron chi connectivity index (χ3n) is 9.29. The lowest BCUT2D eigenvalue weighted by molar-refractivity contribution is -0.158. The number of nitrogens with zero attached hydrogens (tertiary/aromatic N) is 3. The number of carbonyl (C=O) groups is 3. The van der Waals surface area contributed by atoms with Crippen LogP contribution in [-0.4, -0.2) is 93.6 Å². The molecule has 3 rings (SSSR count). The summed E-state index contributed by atoms with van der Waals surface area (Å²) in [6.45, 7) is 21.6. The van der Waals surface area contributed by atoms with Gasteiger partial charge >= 0.3 is 0 Å². The monoisotopic (exact) mass is 559 g/mol. The van der Waals surface area contributed by atoms with Gasteiger partial charge in [-0.15, -0.1) is 13.2 Å². The predicted molar refractivity (Wildman–Crippen MR) is 157 cm³/mol. The minimum absolute atomic E-state index is 0.0265. The van der Waals surface area contributed by atoms with E-state index in [2.05, 4.69) is 47.8 Å². The first kappa shape index (κ1) is 32.3. The van der Waals surface area contributed by atoms with Crippen LogP contribution in [0.2, 0.25) is 0 Å². The molecule has 3 aliphatic rings. The van der Waals surface area contributed by atoms with Crippen LogP contribution < -0.4 is 0 Å². The number of aliphatic hydroxyl groups is 1. The van der Waals surface area contributed by atoms with Gasteiger partial charge in [-0.25, -0.2) is 0 Å². The lowest BCUT2D eigenvalue weighted by Crippen LogP contribution is -2.61. The normalized spacial score (nSPS) is 29.4. The summed E-state index contributed by atoms with van der Waals surface area (Å²) in [6, 6.07) is -0.811. The van der Waals surface area contributed by atoms with E-state index in [-0.39, 0.29) is 29.7 Å². The van der Waals surface area contributed by atoms with Gasteiger partial charge in [-0.3, -0.25) is 14.4 Å². The Bertz CT molecular complexity index is 988. The fourth-order valence-electron chi connectivity index (χ4n) is 8.01. The van der Waals surface area contributed by atoms with Crippen LogP contribution in [0.5, 0.6) is 0 Å². The summed E-state index contributed by atoms with van der Waals surface area (Å²) in [5, 5.41) is 9.31. The van der Waals surface area contributed by atoms with Crippen molar-refractivity contribution in [2.75, 3.05) is 33.3 Å². The Morgan fingerprint density at radius 3 is 2.27 bits per heavy atom. The predicted octanol–water partition coefficient (Wildman–Crippen LogP) is 4.18. The Labute approximate surface area is 241 Å². The Hall–Kier alpha value is -2.19. The molecule has 3 aliphatic heterocycles. The third-order valence-corrected chi connectivity index (χ3v) is 9.29. The maximum atomic E-state index is 14.8. The minimum atomic E-state index is -1.05. The van der Waals surface area contributed by atoms with E-state index in [0.29, 0.717) is 51.7 Å². The van der Waals surface area contributed by atoms with Crippen molar-refractivity contribution in [1.82, 2.24) is 14.7 Å². The van der Waals surface area contributed by atoms with E-state index in [4.69, 9.17) is 4.74 Å². The molecule has 3 heterocycles. The van der Waals surface area contributed by atoms with Gasteiger partial charge in [0.2, 0.25) is 17.7 Å². The molecule has 5 atom stereocenters. The first-order valence-corrected chi connectivity index (χ1v) is 15.1. The maximum absolute atomic E-state index is 14.8. The molecule has 2 unspecified atom stereocenters. The first-order valence-electron chi connectivity index (χ1n) is 15.1. The average Bonchev–Trinajstić information content (AvgIpc) is 3.46. The summed E-state index contributed by atoms with van der Waals surface area (Å²) < 4.78 is 6.94. The molecule has 2 bridgehead atoms. The number of likely N-dealkylation sites (tertiary alicyclic amines) is 1. The highest BCUT2D eigenvalue weighted by Crippen LogP contribution is 2.64. The fourth-order valence-corrected chi connectivity index (χ4v) is 8.01. The van der Waals surface area contributed by atoms with Gasteiger partial charge in [-0.05, 0) is 64.2 Å². The van der Waals surface area contributed by atoms with E-state index in [9.17, 15) is 19.5 Å². The van der Waals surface area contributed by atoms with E-state index in [1.165, 1.54) is 0 Å². The van der Waals surface area contributed by atoms with Crippen molar-refractivity contribution in [3.63, 3.8) is 0 Å². The van der Waals surface area contributed by atoms with Gasteiger partial charge < -0.3 is 24.5 Å². The average molecular weight is 560 g/mol. The molecule has 3 fully saturated rings. The molecule has 8 heteroatoms. The highest BCUT2D eigenvalue weighted by atomic mass is 16.5. The molecule has 3 amide bonds. The third kappa shape index (κ3) is 5.63. The molecule has 0 saturated carbocycles. The van der Waals surface area contributed by atoms with E-state index in [0.717, 1.165) is 12.8 Å². The van der Waals surface area contributed by atoms with Gasteiger partial charge in [0.15, 0.2) is 0 Å². The van der Waals surface area contributed by atoms with Crippen molar-refractivity contribution < 1.29 is 24.2 Å². The highest BCUT2D eigenvalue weighted by Gasteiger charge is 2.79. The highest BCUT2D eigenvalue weighted by molar-refractivity contribution is 5.99. The SMILES string of the molecule is C=CCN(C)C(=O)[C@H]1[C@H]2C(=O)N(CCCCCO)C(C(=O)N(CC=C)C(C)(C)CC(C)(C)C)C23CC[C@]1(CC)O3. The van der Waals surface area contributed by atoms with Crippen molar-refractivity contribution in [3.05, 3.63) is 25.3 Å². The summed E-state index contributed by atoms with van der Waals surface area (Å²) in [5.41, 5.74) is -2.34. The Morgan fingerprint density at radius 1 is 1.07 bits per heavy atom. The fraction of sp³-hybridized carbons (Fsp3) is 0.781. The first-order chi connectivity index (χ1) is 18.7. The van der Waals surface area contributed by atoms with E-state index >= 15 is 0 Å². The van der Waals surface area contributed by atoms with Gasteiger partial charge in [0.05, 0.1) is 17.4 Å². The molecule has 0 aromatic carbocycles. The molecule has 1 spiro atoms. The lowest BCUT2D eigenvalue weighted by atomic mass is 9.64. The zero-order chi connectivity index (χ0) is 30.1. The summed E-state index contributed by atoms with van der Waals surface area (Å²) in [7, 11) is 1.74. The van der Waals surface area contributed by atoms with Gasteiger partial charge in [-0.2, -0.15) is 0 Å². The molecule has 0 radical (unpaired) electrons. The molecular weight excluding hydrogens is 506 g/mol. The smallest absolute Gasteiger partial charge is 0.249 e. The van der Waals surface area contributed by atoms with E-state index in [1.807, 2.05) is 11.8 Å². The van der Waals surface area contributed by atoms with Crippen LogP contribution in [0, 0.1) is 17.3 Å². The number of likely N-dealkylation sites (N-methyl/N-ethyl adjacent to an activating group) is 1. The van der Waals surface area contributed by atoms with Crippen molar-refractivity contribution in [3.8, 4) is 0 Å². The number of hydrogen-bond acceptors (Lipinski definition) is 5. The second-order valence-corrected chi connectivity index (χ2v) is 13.9. The van der Waals surface area contributed by atoms with Crippen LogP contribution in [0.1, 0.15) is 86.5 Å². The Morgan fingerprint density at radius 2 is 1.73 bits per heavy atom. The Kier molecular flexibility index (Phi) is 9.67. The maximum Gasteiger partial charge on any atom is 0.249 e. The summed E-state index contributed by atoms with van der Waals surface area (Å²) in [4.78, 5) is 48.3. The standard InChI is InChI=1S/C32H53N3O5/c1-10-18-33(9)26(37)23-24-27(38)34(20-14-13-15-21-36)25(32(24)17-16-31(23,12-3)40-32)28(39)35(19-11-2)30(7,8)22-29(4,5)6/h10-11,23-25,36H,1-2,12-22H2,3-9H3/t23-,24+,25?,31+,32?/m1/s1. The van der Waals surface area contributed by atoms with Gasteiger partial charge in [0.1, 0.15) is 11.6 Å². The van der Waals surface area contributed by atoms with Crippen molar-refractivity contribution in [2.24, 2.45) is 17.3 Å². The lowest BCUT2D eigenvalue weighted by Gasteiger charge is -2.45. The second kappa shape index (κ2) is 12.0. The number of rotatable bonds is 14. The minimum Gasteiger partial charge on any atom is -0.396 e. The summed E-state index contributed by atoms with van der Waals surface area (Å²) in [6.07, 6.45) is 8.05. The molecule has 226 valence electrons. The topological polar surface area (TPSA) is 90.4 Å². The van der Waals surface area contributed by atoms with Gasteiger partial charge in [0.25, 0.3) is 0 Å². The zero-order valence-electron chi connectivity index (χ0n) is 26.0. The largest absolute Gasteiger partial charge is 0.396 e. The van der Waals surface area contributed by atoms with Crippen LogP contribution in [0.3, 0.4) is 0 Å². The molecule has 0 aromatic heterocycles. The molecule has 0 aromatic rings. The van der Waals surface area contributed by atoms with Crippen molar-refractivity contribution >= 4 is 17.7 Å². The van der Waals surface area contributed by atoms with Crippen LogP contribution >= 0.6 is 0 Å². The quantitative estimate of drug-likeness (QED) is 0.255. The number of ether oxygens (including phenoxy) is 1. The second-order valence-electron chi connectivity index (χ2n) is 13.9.